The first-order valence-electron chi connectivity index (χ1n) is 10.6. The zero-order chi connectivity index (χ0) is 23.5. The summed E-state index contributed by atoms with van der Waals surface area (Å²) in [6.45, 7) is 0.537. The summed E-state index contributed by atoms with van der Waals surface area (Å²) in [5.41, 5.74) is 3.38. The molecule has 33 heavy (non-hydrogen) atoms. The zero-order valence-corrected chi connectivity index (χ0v) is 18.4. The van der Waals surface area contributed by atoms with E-state index in [1.807, 2.05) is 66.7 Å². The van der Waals surface area contributed by atoms with Gasteiger partial charge in [0.05, 0.1) is 19.6 Å². The summed E-state index contributed by atoms with van der Waals surface area (Å²) in [7, 11) is 1.32. The van der Waals surface area contributed by atoms with Gasteiger partial charge in [-0.05, 0) is 40.5 Å². The van der Waals surface area contributed by atoms with Gasteiger partial charge in [0.1, 0.15) is 12.4 Å². The molecule has 0 radical (unpaired) electrons. The number of amides is 1. The van der Waals surface area contributed by atoms with E-state index in [1.54, 1.807) is 18.2 Å². The lowest BCUT2D eigenvalue weighted by molar-refractivity contribution is -0.134. The number of aliphatic hydroxyl groups excluding tert-OH is 1. The van der Waals surface area contributed by atoms with Crippen LogP contribution in [0.15, 0.2) is 84.9 Å². The van der Waals surface area contributed by atoms with Crippen molar-refractivity contribution in [3.8, 4) is 5.75 Å². The molecule has 1 atom stereocenters. The molecule has 3 aromatic rings. The van der Waals surface area contributed by atoms with Crippen LogP contribution in [0.2, 0.25) is 0 Å². The van der Waals surface area contributed by atoms with Crippen molar-refractivity contribution in [1.29, 1.82) is 0 Å². The first-order valence-corrected chi connectivity index (χ1v) is 10.6. The molecule has 0 aliphatic heterocycles. The van der Waals surface area contributed by atoms with Crippen LogP contribution in [0, 0.1) is 0 Å². The Kier molecular flexibility index (Phi) is 8.79. The first kappa shape index (κ1) is 23.8. The quantitative estimate of drug-likeness (QED) is 0.366. The molecule has 0 aliphatic rings. The van der Waals surface area contributed by atoms with Crippen LogP contribution in [0.3, 0.4) is 0 Å². The molecule has 0 bridgehead atoms. The Bertz CT molecular complexity index is 1080. The van der Waals surface area contributed by atoms with E-state index >= 15 is 0 Å². The minimum atomic E-state index is -0.847. The fourth-order valence-corrected chi connectivity index (χ4v) is 3.11. The van der Waals surface area contributed by atoms with E-state index in [-0.39, 0.29) is 18.9 Å². The monoisotopic (exact) mass is 445 g/mol. The van der Waals surface area contributed by atoms with Crippen molar-refractivity contribution in [2.75, 3.05) is 13.7 Å². The van der Waals surface area contributed by atoms with Crippen LogP contribution in [-0.2, 0) is 27.4 Å². The Balaban J connectivity index is 1.47. The van der Waals surface area contributed by atoms with Crippen molar-refractivity contribution in [3.63, 3.8) is 0 Å². The second-order valence-electron chi connectivity index (χ2n) is 7.44. The maximum atomic E-state index is 12.3. The molecule has 3 aromatic carbocycles. The molecular formula is C27H27NO5. The number of carbonyl (C=O) groups is 2. The lowest BCUT2D eigenvalue weighted by Gasteiger charge is -2.14. The normalized spacial score (nSPS) is 11.7. The van der Waals surface area contributed by atoms with Crippen molar-refractivity contribution in [3.05, 3.63) is 107 Å². The fraction of sp³-hybridized carbons (Fsp3) is 0.185. The van der Waals surface area contributed by atoms with Gasteiger partial charge in [0.25, 0.3) is 0 Å². The number of esters is 1. The van der Waals surface area contributed by atoms with Gasteiger partial charge in [0, 0.05) is 12.6 Å². The topological polar surface area (TPSA) is 84.9 Å². The van der Waals surface area contributed by atoms with Crippen LogP contribution in [0.4, 0.5) is 0 Å². The number of rotatable bonds is 10. The highest BCUT2D eigenvalue weighted by Gasteiger charge is 2.11. The lowest BCUT2D eigenvalue weighted by Crippen LogP contribution is -2.29. The summed E-state index contributed by atoms with van der Waals surface area (Å²) < 4.78 is 10.4. The van der Waals surface area contributed by atoms with Crippen molar-refractivity contribution in [2.45, 2.75) is 19.1 Å². The van der Waals surface area contributed by atoms with Crippen LogP contribution < -0.4 is 10.1 Å². The molecule has 1 amide bonds. The van der Waals surface area contributed by atoms with Gasteiger partial charge in [-0.3, -0.25) is 4.79 Å². The molecular weight excluding hydrogens is 418 g/mol. The maximum absolute atomic E-state index is 12.3. The van der Waals surface area contributed by atoms with Crippen molar-refractivity contribution in [2.24, 2.45) is 0 Å². The summed E-state index contributed by atoms with van der Waals surface area (Å²) in [5, 5.41) is 13.3. The van der Waals surface area contributed by atoms with E-state index in [4.69, 9.17) is 4.74 Å². The predicted molar refractivity (Wildman–Crippen MR) is 126 cm³/mol. The van der Waals surface area contributed by atoms with E-state index in [2.05, 4.69) is 10.1 Å². The number of methoxy groups -OCH3 is 1. The number of ether oxygens (including phenoxy) is 2. The third kappa shape index (κ3) is 7.94. The van der Waals surface area contributed by atoms with E-state index in [0.29, 0.717) is 17.9 Å². The van der Waals surface area contributed by atoms with Gasteiger partial charge in [-0.1, -0.05) is 66.7 Å². The molecule has 3 rings (SSSR count). The Morgan fingerprint density at radius 1 is 0.970 bits per heavy atom. The minimum Gasteiger partial charge on any atom is -0.489 e. The average molecular weight is 446 g/mol. The van der Waals surface area contributed by atoms with Gasteiger partial charge in [0.2, 0.25) is 5.91 Å². The predicted octanol–water partition coefficient (Wildman–Crippen LogP) is 3.84. The molecule has 1 unspecified atom stereocenters. The van der Waals surface area contributed by atoms with E-state index in [1.165, 1.54) is 13.2 Å². The molecule has 0 fully saturated rings. The van der Waals surface area contributed by atoms with E-state index in [9.17, 15) is 14.7 Å². The molecule has 2 N–H and O–H groups in total. The lowest BCUT2D eigenvalue weighted by atomic mass is 10.1. The Labute approximate surface area is 193 Å². The third-order valence-corrected chi connectivity index (χ3v) is 4.94. The molecule has 0 spiro atoms. The number of hydrogen-bond acceptors (Lipinski definition) is 5. The number of benzene rings is 3. The Morgan fingerprint density at radius 3 is 2.45 bits per heavy atom. The van der Waals surface area contributed by atoms with Crippen LogP contribution in [0.1, 0.15) is 28.4 Å². The molecule has 170 valence electrons. The summed E-state index contributed by atoms with van der Waals surface area (Å²) >= 11 is 0. The second-order valence-corrected chi connectivity index (χ2v) is 7.44. The summed E-state index contributed by atoms with van der Waals surface area (Å²) in [6, 6.07) is 24.3. The van der Waals surface area contributed by atoms with Gasteiger partial charge in [-0.15, -0.1) is 0 Å². The molecule has 0 heterocycles. The molecule has 0 saturated carbocycles. The van der Waals surface area contributed by atoms with Gasteiger partial charge in [-0.2, -0.15) is 0 Å². The van der Waals surface area contributed by atoms with Gasteiger partial charge in [-0.25, -0.2) is 4.79 Å². The molecule has 6 heteroatoms. The molecule has 0 aromatic heterocycles. The number of carbonyl (C=O) groups excluding carboxylic acids is 2. The summed E-state index contributed by atoms with van der Waals surface area (Å²) in [6.07, 6.45) is 2.32. The molecule has 0 aliphatic carbocycles. The van der Waals surface area contributed by atoms with Crippen LogP contribution >= 0.6 is 0 Å². The zero-order valence-electron chi connectivity index (χ0n) is 18.4. The second kappa shape index (κ2) is 12.2. The number of nitrogens with one attached hydrogen (secondary N) is 1. The van der Waals surface area contributed by atoms with Crippen molar-refractivity contribution < 1.29 is 24.2 Å². The van der Waals surface area contributed by atoms with E-state index < -0.39 is 12.1 Å². The van der Waals surface area contributed by atoms with Gasteiger partial charge in [0.15, 0.2) is 0 Å². The van der Waals surface area contributed by atoms with E-state index in [0.717, 1.165) is 16.7 Å². The largest absolute Gasteiger partial charge is 0.489 e. The Morgan fingerprint density at radius 2 is 1.73 bits per heavy atom. The van der Waals surface area contributed by atoms with Crippen LogP contribution in [0.25, 0.3) is 6.08 Å². The third-order valence-electron chi connectivity index (χ3n) is 4.94. The summed E-state index contributed by atoms with van der Waals surface area (Å²) in [5.74, 6) is 0.0387. The van der Waals surface area contributed by atoms with Crippen molar-refractivity contribution in [1.82, 2.24) is 5.32 Å². The summed E-state index contributed by atoms with van der Waals surface area (Å²) in [4.78, 5) is 23.4. The van der Waals surface area contributed by atoms with Gasteiger partial charge < -0.3 is 19.9 Å². The minimum absolute atomic E-state index is 0.0981. The maximum Gasteiger partial charge on any atom is 0.330 e. The van der Waals surface area contributed by atoms with Crippen molar-refractivity contribution >= 4 is 18.0 Å². The van der Waals surface area contributed by atoms with Crippen LogP contribution in [0.5, 0.6) is 5.75 Å². The first-order chi connectivity index (χ1) is 16.0. The SMILES string of the molecule is COC(=O)/C=C/c1ccc(CC(=O)NCC(O)c2cccc(OCc3ccccc3)c2)cc1. The smallest absolute Gasteiger partial charge is 0.330 e. The highest BCUT2D eigenvalue weighted by Crippen LogP contribution is 2.20. The molecule has 0 saturated heterocycles. The fourth-order valence-electron chi connectivity index (χ4n) is 3.11. The van der Waals surface area contributed by atoms with Crippen LogP contribution in [-0.4, -0.2) is 30.6 Å². The standard InChI is InChI=1S/C27H27NO5/c1-32-27(31)15-14-20-10-12-21(13-11-20)16-26(30)28-18-25(29)23-8-5-9-24(17-23)33-19-22-6-3-2-4-7-22/h2-15,17,25,29H,16,18-19H2,1H3,(H,28,30)/b15-14+. The highest BCUT2D eigenvalue weighted by atomic mass is 16.5. The number of hydrogen-bond donors (Lipinski definition) is 2. The average Bonchev–Trinajstić information content (AvgIpc) is 2.86. The number of aliphatic hydroxyl groups is 1. The molecule has 6 nitrogen and oxygen atoms in total. The van der Waals surface area contributed by atoms with Gasteiger partial charge >= 0.3 is 5.97 Å². The Hall–Kier alpha value is -3.90. The highest BCUT2D eigenvalue weighted by molar-refractivity contribution is 5.87.